The average molecular weight is 261 g/mol. The Morgan fingerprint density at radius 3 is 2.74 bits per heavy atom. The maximum atomic E-state index is 13.3. The molecule has 102 valence electrons. The Labute approximate surface area is 113 Å². The third kappa shape index (κ3) is 2.26. The van der Waals surface area contributed by atoms with Crippen molar-refractivity contribution in [3.8, 4) is 0 Å². The lowest BCUT2D eigenvalue weighted by molar-refractivity contribution is -0.122. The summed E-state index contributed by atoms with van der Waals surface area (Å²) in [7, 11) is 0. The van der Waals surface area contributed by atoms with Crippen molar-refractivity contribution in [2.24, 2.45) is 5.92 Å². The molecule has 1 aromatic rings. The van der Waals surface area contributed by atoms with Gasteiger partial charge in [0.05, 0.1) is 0 Å². The van der Waals surface area contributed by atoms with Gasteiger partial charge in [0, 0.05) is 17.6 Å². The lowest BCUT2D eigenvalue weighted by Gasteiger charge is -2.37. The Morgan fingerprint density at radius 1 is 1.26 bits per heavy atom. The first-order valence-electron chi connectivity index (χ1n) is 7.28. The maximum absolute atomic E-state index is 13.3. The number of aryl methyl sites for hydroxylation is 1. The van der Waals surface area contributed by atoms with E-state index in [1.807, 2.05) is 4.90 Å². The molecule has 1 atom stereocenters. The molecule has 0 saturated heterocycles. The standard InChI is InChI=1S/C16H20FNO/c1-11-6-7-13-10-14(17)8-9-15(13)18(11)16(19)12-4-2-3-5-12/h8-12H,2-7H2,1H3. The molecular weight excluding hydrogens is 241 g/mol. The number of hydrogen-bond donors (Lipinski definition) is 0. The van der Waals surface area contributed by atoms with Gasteiger partial charge in [0.2, 0.25) is 5.91 Å². The minimum atomic E-state index is -0.207. The van der Waals surface area contributed by atoms with E-state index in [1.54, 1.807) is 12.1 Å². The third-order valence-electron chi connectivity index (χ3n) is 4.52. The number of fused-ring (bicyclic) bond motifs is 1. The summed E-state index contributed by atoms with van der Waals surface area (Å²) in [5, 5.41) is 0. The van der Waals surface area contributed by atoms with E-state index in [9.17, 15) is 9.18 Å². The van der Waals surface area contributed by atoms with Crippen molar-refractivity contribution in [3.63, 3.8) is 0 Å². The van der Waals surface area contributed by atoms with Crippen LogP contribution in [0.15, 0.2) is 18.2 Å². The number of anilines is 1. The molecule has 1 fully saturated rings. The molecule has 2 nitrogen and oxygen atoms in total. The summed E-state index contributed by atoms with van der Waals surface area (Å²) in [4.78, 5) is 14.6. The van der Waals surface area contributed by atoms with Crippen LogP contribution < -0.4 is 4.90 Å². The van der Waals surface area contributed by atoms with Crippen LogP contribution in [0.2, 0.25) is 0 Å². The van der Waals surface area contributed by atoms with E-state index >= 15 is 0 Å². The van der Waals surface area contributed by atoms with Crippen LogP contribution in [0, 0.1) is 11.7 Å². The Hall–Kier alpha value is -1.38. The predicted octanol–water partition coefficient (Wildman–Crippen LogP) is 3.68. The first-order valence-corrected chi connectivity index (χ1v) is 7.28. The molecule has 1 aromatic carbocycles. The van der Waals surface area contributed by atoms with Crippen LogP contribution >= 0.6 is 0 Å². The fourth-order valence-corrected chi connectivity index (χ4v) is 3.43. The van der Waals surface area contributed by atoms with Crippen molar-refractivity contribution in [2.75, 3.05) is 4.90 Å². The number of amides is 1. The number of carbonyl (C=O) groups is 1. The van der Waals surface area contributed by atoms with Crippen LogP contribution in [0.1, 0.15) is 44.6 Å². The average Bonchev–Trinajstić information content (AvgIpc) is 2.92. The van der Waals surface area contributed by atoms with Crippen LogP contribution in [-0.4, -0.2) is 11.9 Å². The van der Waals surface area contributed by atoms with Gasteiger partial charge in [-0.1, -0.05) is 12.8 Å². The zero-order chi connectivity index (χ0) is 13.4. The Morgan fingerprint density at radius 2 is 2.00 bits per heavy atom. The number of nitrogens with zero attached hydrogens (tertiary/aromatic N) is 1. The molecule has 0 aromatic heterocycles. The molecule has 1 heterocycles. The topological polar surface area (TPSA) is 20.3 Å². The van der Waals surface area contributed by atoms with Gasteiger partial charge in [-0.25, -0.2) is 4.39 Å². The largest absolute Gasteiger partial charge is 0.309 e. The van der Waals surface area contributed by atoms with Crippen LogP contribution in [0.25, 0.3) is 0 Å². The minimum Gasteiger partial charge on any atom is -0.309 e. The second kappa shape index (κ2) is 4.95. The Bertz CT molecular complexity index is 494. The van der Waals surface area contributed by atoms with Crippen molar-refractivity contribution >= 4 is 11.6 Å². The molecular formula is C16H20FNO. The summed E-state index contributed by atoms with van der Waals surface area (Å²) in [6.45, 7) is 2.10. The first-order chi connectivity index (χ1) is 9.16. The highest BCUT2D eigenvalue weighted by molar-refractivity contribution is 5.96. The number of halogens is 1. The molecule has 1 aliphatic heterocycles. The number of carbonyl (C=O) groups excluding carboxylic acids is 1. The molecule has 3 heteroatoms. The molecule has 1 aliphatic carbocycles. The quantitative estimate of drug-likeness (QED) is 0.755. The van der Waals surface area contributed by atoms with E-state index in [2.05, 4.69) is 6.92 Å². The van der Waals surface area contributed by atoms with Gasteiger partial charge >= 0.3 is 0 Å². The van der Waals surface area contributed by atoms with Crippen molar-refractivity contribution in [2.45, 2.75) is 51.5 Å². The minimum absolute atomic E-state index is 0.179. The van der Waals surface area contributed by atoms with Crippen LogP contribution in [0.3, 0.4) is 0 Å². The molecule has 0 N–H and O–H groups in total. The van der Waals surface area contributed by atoms with E-state index in [1.165, 1.54) is 6.07 Å². The predicted molar refractivity (Wildman–Crippen MR) is 73.6 cm³/mol. The van der Waals surface area contributed by atoms with Crippen LogP contribution in [0.4, 0.5) is 10.1 Å². The Kier molecular flexibility index (Phi) is 3.29. The molecule has 19 heavy (non-hydrogen) atoms. The van der Waals surface area contributed by atoms with Gasteiger partial charge < -0.3 is 4.90 Å². The van der Waals surface area contributed by atoms with Gasteiger partial charge in [-0.15, -0.1) is 0 Å². The second-order valence-electron chi connectivity index (χ2n) is 5.85. The van der Waals surface area contributed by atoms with E-state index in [4.69, 9.17) is 0 Å². The zero-order valence-corrected chi connectivity index (χ0v) is 11.4. The zero-order valence-electron chi connectivity index (χ0n) is 11.4. The summed E-state index contributed by atoms with van der Waals surface area (Å²) >= 11 is 0. The van der Waals surface area contributed by atoms with E-state index in [0.717, 1.165) is 49.8 Å². The highest BCUT2D eigenvalue weighted by atomic mass is 19.1. The monoisotopic (exact) mass is 261 g/mol. The van der Waals surface area contributed by atoms with Crippen molar-refractivity contribution in [3.05, 3.63) is 29.6 Å². The fourth-order valence-electron chi connectivity index (χ4n) is 3.43. The van der Waals surface area contributed by atoms with Gasteiger partial charge in [0.25, 0.3) is 0 Å². The molecule has 3 rings (SSSR count). The molecule has 0 bridgehead atoms. The highest BCUT2D eigenvalue weighted by Gasteiger charge is 2.33. The molecule has 0 radical (unpaired) electrons. The van der Waals surface area contributed by atoms with E-state index in [0.29, 0.717) is 0 Å². The fraction of sp³-hybridized carbons (Fsp3) is 0.562. The summed E-state index contributed by atoms with van der Waals surface area (Å²) < 4.78 is 13.3. The summed E-state index contributed by atoms with van der Waals surface area (Å²) in [6.07, 6.45) is 6.14. The van der Waals surface area contributed by atoms with Crippen molar-refractivity contribution in [1.82, 2.24) is 0 Å². The molecule has 1 saturated carbocycles. The SMILES string of the molecule is CC1CCc2cc(F)ccc2N1C(=O)C1CCCC1. The summed E-state index contributed by atoms with van der Waals surface area (Å²) in [5.74, 6) is 0.220. The molecule has 1 amide bonds. The highest BCUT2D eigenvalue weighted by Crippen LogP contribution is 2.35. The number of hydrogen-bond acceptors (Lipinski definition) is 1. The smallest absolute Gasteiger partial charge is 0.230 e. The lowest BCUT2D eigenvalue weighted by Crippen LogP contribution is -2.44. The maximum Gasteiger partial charge on any atom is 0.230 e. The lowest BCUT2D eigenvalue weighted by atomic mass is 9.94. The first kappa shape index (κ1) is 12.6. The third-order valence-corrected chi connectivity index (χ3v) is 4.52. The van der Waals surface area contributed by atoms with Crippen LogP contribution in [-0.2, 0) is 11.2 Å². The summed E-state index contributed by atoms with van der Waals surface area (Å²) in [5.41, 5.74) is 1.90. The van der Waals surface area contributed by atoms with Crippen molar-refractivity contribution < 1.29 is 9.18 Å². The van der Waals surface area contributed by atoms with Crippen LogP contribution in [0.5, 0.6) is 0 Å². The van der Waals surface area contributed by atoms with Gasteiger partial charge in [-0.2, -0.15) is 0 Å². The second-order valence-corrected chi connectivity index (χ2v) is 5.85. The van der Waals surface area contributed by atoms with Gasteiger partial charge in [0.1, 0.15) is 5.82 Å². The molecule has 2 aliphatic rings. The molecule has 1 unspecified atom stereocenters. The number of benzene rings is 1. The molecule has 0 spiro atoms. The van der Waals surface area contributed by atoms with Crippen molar-refractivity contribution in [1.29, 1.82) is 0 Å². The van der Waals surface area contributed by atoms with E-state index in [-0.39, 0.29) is 23.7 Å². The van der Waals surface area contributed by atoms with Gasteiger partial charge in [-0.05, 0) is 56.4 Å². The van der Waals surface area contributed by atoms with Gasteiger partial charge in [0.15, 0.2) is 0 Å². The Balaban J connectivity index is 1.94. The van der Waals surface area contributed by atoms with E-state index < -0.39 is 0 Å². The normalized spacial score (nSPS) is 23.5. The summed E-state index contributed by atoms with van der Waals surface area (Å²) in [6, 6.07) is 5.04. The number of rotatable bonds is 1. The van der Waals surface area contributed by atoms with Gasteiger partial charge in [-0.3, -0.25) is 4.79 Å².